The van der Waals surface area contributed by atoms with Crippen LogP contribution in [-0.2, 0) is 6.42 Å². The van der Waals surface area contributed by atoms with E-state index in [0.29, 0.717) is 12.0 Å². The predicted octanol–water partition coefficient (Wildman–Crippen LogP) is -0.233. The quantitative estimate of drug-likeness (QED) is 0.624. The van der Waals surface area contributed by atoms with Gasteiger partial charge < -0.3 is 10.1 Å². The number of H-pyrrole nitrogens is 2. The van der Waals surface area contributed by atoms with Gasteiger partial charge in [0, 0.05) is 18.2 Å². The molecule has 0 spiro atoms. The molecule has 0 saturated carbocycles. The van der Waals surface area contributed by atoms with E-state index in [4.69, 9.17) is 0 Å². The average Bonchev–Trinajstić information content (AvgIpc) is 2.10. The van der Waals surface area contributed by atoms with Gasteiger partial charge in [-0.15, -0.1) is 0 Å². The minimum absolute atomic E-state index is 0.278. The highest BCUT2D eigenvalue weighted by Gasteiger charge is 2.07. The van der Waals surface area contributed by atoms with Crippen LogP contribution in [0.25, 0.3) is 0 Å². The number of aromatic amines is 2. The summed E-state index contributed by atoms with van der Waals surface area (Å²) in [5.74, 6) is 0. The fourth-order valence-electron chi connectivity index (χ4n) is 1.28. The molecule has 0 aromatic carbocycles. The molecule has 0 amide bonds. The molecular formula is C9H14N2O3. The number of rotatable bonds is 4. The van der Waals surface area contributed by atoms with Gasteiger partial charge in [-0.25, -0.2) is 4.79 Å². The van der Waals surface area contributed by atoms with E-state index in [0.717, 1.165) is 6.42 Å². The van der Waals surface area contributed by atoms with Crippen LogP contribution < -0.4 is 11.2 Å². The van der Waals surface area contributed by atoms with Crippen LogP contribution in [0.5, 0.6) is 0 Å². The third kappa shape index (κ3) is 2.85. The normalized spacial score (nSPS) is 12.7. The van der Waals surface area contributed by atoms with Gasteiger partial charge in [0.05, 0.1) is 6.10 Å². The van der Waals surface area contributed by atoms with Gasteiger partial charge in [-0.05, 0) is 6.42 Å². The summed E-state index contributed by atoms with van der Waals surface area (Å²) in [6, 6.07) is 0. The zero-order chi connectivity index (χ0) is 10.6. The molecule has 0 saturated heterocycles. The third-order valence-electron chi connectivity index (χ3n) is 1.97. The van der Waals surface area contributed by atoms with Gasteiger partial charge in [0.2, 0.25) is 0 Å². The van der Waals surface area contributed by atoms with E-state index < -0.39 is 17.4 Å². The molecular weight excluding hydrogens is 184 g/mol. The molecule has 0 bridgehead atoms. The Bertz CT molecular complexity index is 394. The number of aliphatic hydroxyl groups excluding tert-OH is 1. The number of aromatic nitrogens is 2. The van der Waals surface area contributed by atoms with Crippen molar-refractivity contribution in [1.82, 2.24) is 9.97 Å². The number of nitrogens with one attached hydrogen (secondary N) is 2. The lowest BCUT2D eigenvalue weighted by molar-refractivity contribution is 0.163. The first-order valence-corrected chi connectivity index (χ1v) is 4.62. The van der Waals surface area contributed by atoms with Crippen molar-refractivity contribution in [3.05, 3.63) is 32.6 Å². The Morgan fingerprint density at radius 1 is 1.50 bits per heavy atom. The lowest BCUT2D eigenvalue weighted by Gasteiger charge is -2.07. The zero-order valence-corrected chi connectivity index (χ0v) is 8.04. The van der Waals surface area contributed by atoms with Crippen molar-refractivity contribution in [2.24, 2.45) is 0 Å². The molecule has 1 aromatic rings. The number of aliphatic hydroxyl groups is 1. The Hall–Kier alpha value is -1.36. The highest BCUT2D eigenvalue weighted by Crippen LogP contribution is 2.01. The monoisotopic (exact) mass is 198 g/mol. The lowest BCUT2D eigenvalue weighted by atomic mass is 10.1. The topological polar surface area (TPSA) is 85.9 Å². The summed E-state index contributed by atoms with van der Waals surface area (Å²) in [5, 5.41) is 9.45. The summed E-state index contributed by atoms with van der Waals surface area (Å²) in [6.45, 7) is 1.96. The SMILES string of the molecule is CCC[C@@H](O)Cc1c[nH]c(=O)[nH]c1=O. The van der Waals surface area contributed by atoms with E-state index in [1.807, 2.05) is 6.92 Å². The van der Waals surface area contributed by atoms with E-state index in [1.54, 1.807) is 0 Å². The molecule has 1 aromatic heterocycles. The molecule has 0 aliphatic heterocycles. The number of hydrogen-bond acceptors (Lipinski definition) is 3. The maximum absolute atomic E-state index is 11.2. The zero-order valence-electron chi connectivity index (χ0n) is 8.04. The first-order valence-electron chi connectivity index (χ1n) is 4.62. The fraction of sp³-hybridized carbons (Fsp3) is 0.556. The Kier molecular flexibility index (Phi) is 3.64. The Morgan fingerprint density at radius 2 is 2.21 bits per heavy atom. The van der Waals surface area contributed by atoms with Crippen molar-refractivity contribution < 1.29 is 5.11 Å². The standard InChI is InChI=1S/C9H14N2O3/c1-2-3-7(12)4-6-5-10-9(14)11-8(6)13/h5,7,12H,2-4H2,1H3,(H2,10,11,13,14)/t7-/m1/s1. The van der Waals surface area contributed by atoms with Crippen LogP contribution in [0.1, 0.15) is 25.3 Å². The minimum Gasteiger partial charge on any atom is -0.393 e. The second-order valence-electron chi connectivity index (χ2n) is 3.24. The first kappa shape index (κ1) is 10.7. The van der Waals surface area contributed by atoms with Crippen LogP contribution in [0.15, 0.2) is 15.8 Å². The molecule has 3 N–H and O–H groups in total. The molecule has 0 fully saturated rings. The smallest absolute Gasteiger partial charge is 0.325 e. The van der Waals surface area contributed by atoms with Gasteiger partial charge in [-0.2, -0.15) is 0 Å². The summed E-state index contributed by atoms with van der Waals surface area (Å²) >= 11 is 0. The minimum atomic E-state index is -0.524. The first-order chi connectivity index (χ1) is 6.63. The molecule has 0 unspecified atom stereocenters. The Balaban J connectivity index is 2.77. The molecule has 1 heterocycles. The Labute approximate surface area is 80.8 Å². The van der Waals surface area contributed by atoms with Crippen molar-refractivity contribution >= 4 is 0 Å². The van der Waals surface area contributed by atoms with Crippen LogP contribution in [0.2, 0.25) is 0 Å². The molecule has 5 heteroatoms. The van der Waals surface area contributed by atoms with Gasteiger partial charge in [0.1, 0.15) is 0 Å². The predicted molar refractivity (Wildman–Crippen MR) is 52.3 cm³/mol. The summed E-state index contributed by atoms with van der Waals surface area (Å²) in [5.41, 5.74) is -0.543. The molecule has 1 rings (SSSR count). The van der Waals surface area contributed by atoms with Crippen molar-refractivity contribution in [2.45, 2.75) is 32.3 Å². The second kappa shape index (κ2) is 4.76. The van der Waals surface area contributed by atoms with E-state index in [-0.39, 0.29) is 6.42 Å². The van der Waals surface area contributed by atoms with Crippen LogP contribution in [0.4, 0.5) is 0 Å². The molecule has 1 atom stereocenters. The Morgan fingerprint density at radius 3 is 2.79 bits per heavy atom. The molecule has 0 aliphatic carbocycles. The van der Waals surface area contributed by atoms with Crippen LogP contribution in [0, 0.1) is 0 Å². The molecule has 5 nitrogen and oxygen atoms in total. The lowest BCUT2D eigenvalue weighted by Crippen LogP contribution is -2.27. The van der Waals surface area contributed by atoms with E-state index in [1.165, 1.54) is 6.20 Å². The average molecular weight is 198 g/mol. The largest absolute Gasteiger partial charge is 0.393 e. The summed E-state index contributed by atoms with van der Waals surface area (Å²) < 4.78 is 0. The van der Waals surface area contributed by atoms with Crippen molar-refractivity contribution in [3.8, 4) is 0 Å². The highest BCUT2D eigenvalue weighted by molar-refractivity contribution is 5.04. The maximum Gasteiger partial charge on any atom is 0.325 e. The van der Waals surface area contributed by atoms with Crippen molar-refractivity contribution in [1.29, 1.82) is 0 Å². The van der Waals surface area contributed by atoms with Gasteiger partial charge in [0.15, 0.2) is 0 Å². The fourth-order valence-corrected chi connectivity index (χ4v) is 1.28. The molecule has 0 radical (unpaired) electrons. The van der Waals surface area contributed by atoms with Gasteiger partial charge in [0.25, 0.3) is 5.56 Å². The van der Waals surface area contributed by atoms with E-state index >= 15 is 0 Å². The van der Waals surface area contributed by atoms with E-state index in [2.05, 4.69) is 9.97 Å². The third-order valence-corrected chi connectivity index (χ3v) is 1.97. The summed E-state index contributed by atoms with van der Waals surface area (Å²) in [4.78, 5) is 26.3. The summed E-state index contributed by atoms with van der Waals surface area (Å²) in [7, 11) is 0. The molecule has 78 valence electrons. The van der Waals surface area contributed by atoms with Crippen molar-refractivity contribution in [3.63, 3.8) is 0 Å². The van der Waals surface area contributed by atoms with Gasteiger partial charge in [-0.1, -0.05) is 13.3 Å². The van der Waals surface area contributed by atoms with Crippen LogP contribution in [-0.4, -0.2) is 21.2 Å². The summed E-state index contributed by atoms with van der Waals surface area (Å²) in [6.07, 6.45) is 2.62. The molecule has 14 heavy (non-hydrogen) atoms. The molecule has 0 aliphatic rings. The van der Waals surface area contributed by atoms with Crippen LogP contribution >= 0.6 is 0 Å². The van der Waals surface area contributed by atoms with E-state index in [9.17, 15) is 14.7 Å². The van der Waals surface area contributed by atoms with Crippen molar-refractivity contribution in [2.75, 3.05) is 0 Å². The number of hydrogen-bond donors (Lipinski definition) is 3. The van der Waals surface area contributed by atoms with Gasteiger partial charge >= 0.3 is 5.69 Å². The second-order valence-corrected chi connectivity index (χ2v) is 3.24. The van der Waals surface area contributed by atoms with Gasteiger partial charge in [-0.3, -0.25) is 9.78 Å². The maximum atomic E-state index is 11.2. The highest BCUT2D eigenvalue weighted by atomic mass is 16.3. The van der Waals surface area contributed by atoms with Crippen LogP contribution in [0.3, 0.4) is 0 Å².